The topological polar surface area (TPSA) is 41.9 Å². The predicted octanol–water partition coefficient (Wildman–Crippen LogP) is 13.8. The summed E-state index contributed by atoms with van der Waals surface area (Å²) in [5, 5.41) is 2.30. The highest BCUT2D eigenvalue weighted by Crippen LogP contribution is 2.63. The molecule has 4 heteroatoms. The highest BCUT2D eigenvalue weighted by Gasteiger charge is 2.51. The van der Waals surface area contributed by atoms with E-state index in [0.717, 1.165) is 44.3 Å². The van der Waals surface area contributed by atoms with Gasteiger partial charge in [-0.2, -0.15) is 0 Å². The number of nitrogens with zero attached hydrogens (tertiary/aromatic N) is 4. The first-order valence-electron chi connectivity index (χ1n) is 20.5. The second-order valence-corrected chi connectivity index (χ2v) is 15.5. The third-order valence-corrected chi connectivity index (χ3v) is 12.3. The lowest BCUT2D eigenvalue weighted by Gasteiger charge is -2.45. The van der Waals surface area contributed by atoms with Gasteiger partial charge >= 0.3 is 0 Å². The van der Waals surface area contributed by atoms with E-state index < -0.39 is 5.41 Å². The summed E-state index contributed by atoms with van der Waals surface area (Å²) in [6.07, 6.45) is 0. The van der Waals surface area contributed by atoms with Gasteiger partial charge in [0.15, 0.2) is 17.5 Å². The normalized spacial score (nSPS) is 13.1. The average molecular weight is 765 g/mol. The number of anilines is 3. The fraction of sp³-hybridized carbons (Fsp3) is 0.0179. The van der Waals surface area contributed by atoms with Gasteiger partial charge in [-0.25, -0.2) is 15.0 Å². The lowest BCUT2D eigenvalue weighted by atomic mass is 9.64. The number of fused-ring (bicyclic) bond motifs is 10. The molecular formula is C56H36N4. The molecule has 0 radical (unpaired) electrons. The largest absolute Gasteiger partial charge is 0.310 e. The van der Waals surface area contributed by atoms with Gasteiger partial charge < -0.3 is 4.90 Å². The summed E-state index contributed by atoms with van der Waals surface area (Å²) < 4.78 is 0. The Morgan fingerprint density at radius 1 is 0.333 bits per heavy atom. The van der Waals surface area contributed by atoms with Crippen molar-refractivity contribution < 1.29 is 0 Å². The van der Waals surface area contributed by atoms with Crippen LogP contribution in [0.25, 0.3) is 67.2 Å². The molecule has 1 aliphatic carbocycles. The molecule has 10 aromatic rings. The Balaban J connectivity index is 1.15. The summed E-state index contributed by atoms with van der Waals surface area (Å²) in [4.78, 5) is 18.0. The maximum Gasteiger partial charge on any atom is 0.164 e. The van der Waals surface area contributed by atoms with E-state index in [1.54, 1.807) is 0 Å². The molecule has 60 heavy (non-hydrogen) atoms. The van der Waals surface area contributed by atoms with Crippen LogP contribution in [0.3, 0.4) is 0 Å². The molecule has 2 aliphatic rings. The number of para-hydroxylation sites is 3. The van der Waals surface area contributed by atoms with Crippen LogP contribution in [-0.4, -0.2) is 15.0 Å². The monoisotopic (exact) mass is 764 g/mol. The van der Waals surface area contributed by atoms with Crippen LogP contribution in [0, 0.1) is 0 Å². The molecule has 12 rings (SSSR count). The lowest BCUT2D eigenvalue weighted by Crippen LogP contribution is -2.36. The fourth-order valence-electron chi connectivity index (χ4n) is 9.81. The zero-order valence-electron chi connectivity index (χ0n) is 32.6. The molecule has 1 aromatic heterocycles. The van der Waals surface area contributed by atoms with E-state index in [4.69, 9.17) is 15.0 Å². The third kappa shape index (κ3) is 5.07. The van der Waals surface area contributed by atoms with E-state index in [0.29, 0.717) is 17.5 Å². The van der Waals surface area contributed by atoms with Gasteiger partial charge in [0.25, 0.3) is 0 Å². The molecule has 0 amide bonds. The number of rotatable bonds is 5. The minimum atomic E-state index is -0.584. The molecule has 0 fully saturated rings. The summed E-state index contributed by atoms with van der Waals surface area (Å²) in [7, 11) is 0. The smallest absolute Gasteiger partial charge is 0.164 e. The van der Waals surface area contributed by atoms with Crippen molar-refractivity contribution in [2.24, 2.45) is 0 Å². The Morgan fingerprint density at radius 3 is 1.50 bits per heavy atom. The minimum Gasteiger partial charge on any atom is -0.310 e. The third-order valence-electron chi connectivity index (χ3n) is 12.3. The van der Waals surface area contributed by atoms with Crippen LogP contribution in [0.1, 0.15) is 22.3 Å². The predicted molar refractivity (Wildman–Crippen MR) is 245 cm³/mol. The Morgan fingerprint density at radius 2 is 0.833 bits per heavy atom. The molecule has 1 spiro atoms. The summed E-state index contributed by atoms with van der Waals surface area (Å²) in [5.41, 5.74) is 15.5. The highest BCUT2D eigenvalue weighted by atomic mass is 15.2. The van der Waals surface area contributed by atoms with Crippen LogP contribution in [0.2, 0.25) is 0 Å². The Kier molecular flexibility index (Phi) is 7.72. The van der Waals surface area contributed by atoms with Crippen molar-refractivity contribution in [3.05, 3.63) is 241 Å². The van der Waals surface area contributed by atoms with Crippen LogP contribution in [0.4, 0.5) is 17.1 Å². The second kappa shape index (κ2) is 13.6. The maximum atomic E-state index is 5.25. The van der Waals surface area contributed by atoms with Crippen LogP contribution in [0.5, 0.6) is 0 Å². The van der Waals surface area contributed by atoms with Crippen molar-refractivity contribution in [3.63, 3.8) is 0 Å². The second-order valence-electron chi connectivity index (χ2n) is 15.5. The van der Waals surface area contributed by atoms with E-state index in [2.05, 4.69) is 187 Å². The van der Waals surface area contributed by atoms with Crippen LogP contribution in [-0.2, 0) is 5.41 Å². The molecule has 280 valence electrons. The Hall–Kier alpha value is -7.95. The van der Waals surface area contributed by atoms with Crippen LogP contribution >= 0.6 is 0 Å². The molecule has 1 aliphatic heterocycles. The van der Waals surface area contributed by atoms with Gasteiger partial charge in [-0.3, -0.25) is 0 Å². The van der Waals surface area contributed by atoms with Crippen molar-refractivity contribution in [2.45, 2.75) is 5.41 Å². The molecule has 4 nitrogen and oxygen atoms in total. The van der Waals surface area contributed by atoms with Crippen molar-refractivity contribution in [1.82, 2.24) is 15.0 Å². The van der Waals surface area contributed by atoms with Gasteiger partial charge in [0, 0.05) is 27.9 Å². The average Bonchev–Trinajstić information content (AvgIpc) is 3.62. The summed E-state index contributed by atoms with van der Waals surface area (Å²) >= 11 is 0. The van der Waals surface area contributed by atoms with Crippen molar-refractivity contribution in [1.29, 1.82) is 0 Å². The first-order chi connectivity index (χ1) is 29.8. The van der Waals surface area contributed by atoms with E-state index in [9.17, 15) is 0 Å². The standard InChI is InChI=1S/C56H36N4/c1-4-19-38(20-5-1)53-57-54(39-21-6-2-7-22-39)59-55(58-53)45-35-32-37-18-10-11-25-42(37)52(45)40-33-34-44-43-26-12-13-27-46(43)56(49(44)36-40)47-28-14-16-30-50(47)60(41-23-8-3-9-24-41)51-31-17-15-29-48(51)56/h1-36H. The molecule has 9 aromatic carbocycles. The molecule has 0 unspecified atom stereocenters. The van der Waals surface area contributed by atoms with Crippen LogP contribution in [0.15, 0.2) is 218 Å². The number of hydrogen-bond donors (Lipinski definition) is 0. The Labute approximate surface area is 348 Å². The quantitative estimate of drug-likeness (QED) is 0.175. The summed E-state index contributed by atoms with van der Waals surface area (Å²) in [5.74, 6) is 1.91. The molecule has 0 bridgehead atoms. The van der Waals surface area contributed by atoms with Crippen molar-refractivity contribution in [2.75, 3.05) is 4.90 Å². The van der Waals surface area contributed by atoms with Crippen LogP contribution < -0.4 is 4.90 Å². The van der Waals surface area contributed by atoms with Gasteiger partial charge in [-0.1, -0.05) is 182 Å². The molecule has 0 atom stereocenters. The number of benzene rings is 9. The first-order valence-corrected chi connectivity index (χ1v) is 20.5. The highest BCUT2D eigenvalue weighted by molar-refractivity contribution is 6.05. The molecule has 0 N–H and O–H groups in total. The van der Waals surface area contributed by atoms with E-state index >= 15 is 0 Å². The molecular weight excluding hydrogens is 729 g/mol. The molecule has 0 saturated heterocycles. The number of hydrogen-bond acceptors (Lipinski definition) is 4. The van der Waals surface area contributed by atoms with Gasteiger partial charge in [0.2, 0.25) is 0 Å². The Bertz CT molecular complexity index is 3160. The summed E-state index contributed by atoms with van der Waals surface area (Å²) in [6.45, 7) is 0. The number of aromatic nitrogens is 3. The lowest BCUT2D eigenvalue weighted by molar-refractivity contribution is 0.753. The van der Waals surface area contributed by atoms with Crippen molar-refractivity contribution in [3.8, 4) is 56.4 Å². The fourth-order valence-corrected chi connectivity index (χ4v) is 9.81. The van der Waals surface area contributed by atoms with E-state index in [-0.39, 0.29) is 0 Å². The minimum absolute atomic E-state index is 0.584. The first kappa shape index (κ1) is 34.1. The molecule has 0 saturated carbocycles. The zero-order valence-corrected chi connectivity index (χ0v) is 32.6. The van der Waals surface area contributed by atoms with E-state index in [1.807, 2.05) is 36.4 Å². The van der Waals surface area contributed by atoms with Gasteiger partial charge in [-0.15, -0.1) is 0 Å². The van der Waals surface area contributed by atoms with E-state index in [1.165, 1.54) is 44.8 Å². The molecule has 2 heterocycles. The van der Waals surface area contributed by atoms with Gasteiger partial charge in [0.05, 0.1) is 16.8 Å². The van der Waals surface area contributed by atoms with Gasteiger partial charge in [0.1, 0.15) is 0 Å². The van der Waals surface area contributed by atoms with Crippen molar-refractivity contribution >= 4 is 27.8 Å². The van der Waals surface area contributed by atoms with Gasteiger partial charge in [-0.05, 0) is 86.1 Å². The zero-order chi connectivity index (χ0) is 39.6. The summed E-state index contributed by atoms with van der Waals surface area (Å²) in [6, 6.07) is 78.2. The SMILES string of the molecule is c1ccc(-c2nc(-c3ccccc3)nc(-c3ccc4ccccc4c3-c3ccc4c(c3)C3(c5ccccc5-4)c4ccccc4N(c4ccccc4)c4ccccc43)n2)cc1. The maximum absolute atomic E-state index is 5.25.